The normalized spacial score (nSPS) is 23.2. The Balaban J connectivity index is 2.38. The summed E-state index contributed by atoms with van der Waals surface area (Å²) >= 11 is 1.93. The van der Waals surface area contributed by atoms with Crippen LogP contribution < -0.4 is 5.73 Å². The van der Waals surface area contributed by atoms with E-state index in [0.29, 0.717) is 6.04 Å². The van der Waals surface area contributed by atoms with E-state index in [-0.39, 0.29) is 0 Å². The van der Waals surface area contributed by atoms with Crippen LogP contribution in [0.25, 0.3) is 0 Å². The van der Waals surface area contributed by atoms with Gasteiger partial charge >= 0.3 is 0 Å². The topological polar surface area (TPSA) is 29.3 Å². The SMILES string of the molecule is Cc1cc2c(s1)CCN(C)C2CN. The number of likely N-dealkylation sites (N-methyl/N-ethyl adjacent to an activating group) is 1. The first-order valence-electron chi connectivity index (χ1n) is 4.72. The van der Waals surface area contributed by atoms with Crippen molar-refractivity contribution < 1.29 is 0 Å². The summed E-state index contributed by atoms with van der Waals surface area (Å²) in [5.74, 6) is 0. The maximum absolute atomic E-state index is 5.78. The quantitative estimate of drug-likeness (QED) is 0.738. The maximum atomic E-state index is 5.78. The summed E-state index contributed by atoms with van der Waals surface area (Å²) in [7, 11) is 2.16. The lowest BCUT2D eigenvalue weighted by molar-refractivity contribution is 0.238. The van der Waals surface area contributed by atoms with Crippen molar-refractivity contribution in [2.75, 3.05) is 20.1 Å². The molecule has 13 heavy (non-hydrogen) atoms. The molecule has 0 spiro atoms. The summed E-state index contributed by atoms with van der Waals surface area (Å²) in [6, 6.07) is 2.75. The lowest BCUT2D eigenvalue weighted by Gasteiger charge is -2.31. The van der Waals surface area contributed by atoms with Gasteiger partial charge in [-0.25, -0.2) is 0 Å². The minimum atomic E-state index is 0.452. The Morgan fingerprint density at radius 1 is 1.69 bits per heavy atom. The number of fused-ring (bicyclic) bond motifs is 1. The third kappa shape index (κ3) is 1.52. The van der Waals surface area contributed by atoms with Crippen LogP contribution >= 0.6 is 11.3 Å². The molecule has 1 unspecified atom stereocenters. The molecule has 0 saturated heterocycles. The van der Waals surface area contributed by atoms with Crippen molar-refractivity contribution in [3.05, 3.63) is 21.4 Å². The molecule has 1 aliphatic rings. The van der Waals surface area contributed by atoms with Gasteiger partial charge in [0, 0.05) is 28.9 Å². The van der Waals surface area contributed by atoms with E-state index in [1.165, 1.54) is 16.9 Å². The highest BCUT2D eigenvalue weighted by atomic mass is 32.1. The predicted octanol–water partition coefficient (Wildman–Crippen LogP) is 1.54. The molecule has 2 rings (SSSR count). The highest BCUT2D eigenvalue weighted by Gasteiger charge is 2.24. The van der Waals surface area contributed by atoms with Crippen molar-refractivity contribution in [2.24, 2.45) is 5.73 Å². The highest BCUT2D eigenvalue weighted by molar-refractivity contribution is 7.12. The number of nitrogens with two attached hydrogens (primary N) is 1. The Labute approximate surface area is 83.4 Å². The third-order valence-electron chi connectivity index (χ3n) is 2.77. The summed E-state index contributed by atoms with van der Waals surface area (Å²) in [6.45, 7) is 4.06. The van der Waals surface area contributed by atoms with Gasteiger partial charge in [-0.1, -0.05) is 0 Å². The number of hydrogen-bond acceptors (Lipinski definition) is 3. The summed E-state index contributed by atoms with van der Waals surface area (Å²) in [5.41, 5.74) is 7.25. The van der Waals surface area contributed by atoms with Crippen molar-refractivity contribution in [2.45, 2.75) is 19.4 Å². The van der Waals surface area contributed by atoms with E-state index >= 15 is 0 Å². The largest absolute Gasteiger partial charge is 0.329 e. The van der Waals surface area contributed by atoms with Gasteiger partial charge in [0.1, 0.15) is 0 Å². The zero-order valence-corrected chi connectivity index (χ0v) is 9.03. The Morgan fingerprint density at radius 3 is 3.15 bits per heavy atom. The molecule has 1 aromatic heterocycles. The highest BCUT2D eigenvalue weighted by Crippen LogP contribution is 2.33. The van der Waals surface area contributed by atoms with Crippen molar-refractivity contribution in [3.8, 4) is 0 Å². The molecule has 0 aromatic carbocycles. The first-order valence-corrected chi connectivity index (χ1v) is 5.53. The zero-order valence-electron chi connectivity index (χ0n) is 8.21. The minimum Gasteiger partial charge on any atom is -0.329 e. The van der Waals surface area contributed by atoms with E-state index < -0.39 is 0 Å². The van der Waals surface area contributed by atoms with Crippen molar-refractivity contribution in [1.29, 1.82) is 0 Å². The molecular formula is C10H16N2S. The Hall–Kier alpha value is -0.380. The van der Waals surface area contributed by atoms with Gasteiger partial charge in [0.15, 0.2) is 0 Å². The molecule has 0 amide bonds. The smallest absolute Gasteiger partial charge is 0.0478 e. The molecule has 1 atom stereocenters. The van der Waals surface area contributed by atoms with Crippen LogP contribution in [-0.2, 0) is 6.42 Å². The van der Waals surface area contributed by atoms with Gasteiger partial charge in [0.05, 0.1) is 0 Å². The second kappa shape index (κ2) is 3.40. The first kappa shape index (κ1) is 9.19. The van der Waals surface area contributed by atoms with Crippen LogP contribution in [0, 0.1) is 6.92 Å². The van der Waals surface area contributed by atoms with Crippen LogP contribution in [0.4, 0.5) is 0 Å². The van der Waals surface area contributed by atoms with Gasteiger partial charge in [0.25, 0.3) is 0 Å². The van der Waals surface area contributed by atoms with Crippen LogP contribution in [0.3, 0.4) is 0 Å². The lowest BCUT2D eigenvalue weighted by Crippen LogP contribution is -2.35. The van der Waals surface area contributed by atoms with Gasteiger partial charge in [-0.15, -0.1) is 11.3 Å². The fraction of sp³-hybridized carbons (Fsp3) is 0.600. The van der Waals surface area contributed by atoms with Crippen LogP contribution in [0.15, 0.2) is 6.07 Å². The molecule has 2 nitrogen and oxygen atoms in total. The minimum absolute atomic E-state index is 0.452. The monoisotopic (exact) mass is 196 g/mol. The molecule has 0 fully saturated rings. The molecule has 1 aromatic rings. The van der Waals surface area contributed by atoms with E-state index in [1.807, 2.05) is 11.3 Å². The fourth-order valence-corrected chi connectivity index (χ4v) is 3.12. The number of nitrogens with zero attached hydrogens (tertiary/aromatic N) is 1. The second-order valence-corrected chi connectivity index (χ2v) is 5.06. The van der Waals surface area contributed by atoms with E-state index in [4.69, 9.17) is 5.73 Å². The van der Waals surface area contributed by atoms with Gasteiger partial charge in [-0.05, 0) is 32.0 Å². The molecular weight excluding hydrogens is 180 g/mol. The van der Waals surface area contributed by atoms with Crippen molar-refractivity contribution >= 4 is 11.3 Å². The van der Waals surface area contributed by atoms with Gasteiger partial charge in [-0.2, -0.15) is 0 Å². The average Bonchev–Trinajstić information content (AvgIpc) is 2.45. The molecule has 0 radical (unpaired) electrons. The zero-order chi connectivity index (χ0) is 9.42. The maximum Gasteiger partial charge on any atom is 0.0478 e. The number of hydrogen-bond donors (Lipinski definition) is 1. The summed E-state index contributed by atoms with van der Waals surface area (Å²) in [5, 5.41) is 0. The Kier molecular flexibility index (Phi) is 2.41. The van der Waals surface area contributed by atoms with E-state index in [0.717, 1.165) is 13.1 Å². The number of aryl methyl sites for hydroxylation is 1. The first-order chi connectivity index (χ1) is 6.22. The third-order valence-corrected chi connectivity index (χ3v) is 3.90. The van der Waals surface area contributed by atoms with Crippen LogP contribution in [-0.4, -0.2) is 25.0 Å². The average molecular weight is 196 g/mol. The van der Waals surface area contributed by atoms with Crippen LogP contribution in [0.5, 0.6) is 0 Å². The standard InChI is InChI=1S/C10H16N2S/c1-7-5-8-9(6-11)12(2)4-3-10(8)13-7/h5,9H,3-4,6,11H2,1-2H3. The molecule has 0 saturated carbocycles. The van der Waals surface area contributed by atoms with Gasteiger partial charge in [-0.3, -0.25) is 4.90 Å². The van der Waals surface area contributed by atoms with E-state index in [1.54, 1.807) is 4.88 Å². The van der Waals surface area contributed by atoms with Gasteiger partial charge in [0.2, 0.25) is 0 Å². The predicted molar refractivity (Wildman–Crippen MR) is 57.2 cm³/mol. The van der Waals surface area contributed by atoms with E-state index in [2.05, 4.69) is 24.9 Å². The Morgan fingerprint density at radius 2 is 2.46 bits per heavy atom. The molecule has 2 N–H and O–H groups in total. The van der Waals surface area contributed by atoms with Crippen molar-refractivity contribution in [3.63, 3.8) is 0 Å². The summed E-state index contributed by atoms with van der Waals surface area (Å²) < 4.78 is 0. The molecule has 2 heterocycles. The summed E-state index contributed by atoms with van der Waals surface area (Å²) in [4.78, 5) is 5.32. The lowest BCUT2D eigenvalue weighted by atomic mass is 10.0. The number of rotatable bonds is 1. The van der Waals surface area contributed by atoms with Crippen LogP contribution in [0.2, 0.25) is 0 Å². The van der Waals surface area contributed by atoms with Crippen LogP contribution in [0.1, 0.15) is 21.4 Å². The Bertz CT molecular complexity index is 306. The van der Waals surface area contributed by atoms with Crippen molar-refractivity contribution in [1.82, 2.24) is 4.90 Å². The van der Waals surface area contributed by atoms with E-state index in [9.17, 15) is 0 Å². The summed E-state index contributed by atoms with van der Waals surface area (Å²) in [6.07, 6.45) is 1.20. The molecule has 72 valence electrons. The number of thiophene rings is 1. The fourth-order valence-electron chi connectivity index (χ4n) is 2.04. The molecule has 0 aliphatic carbocycles. The molecule has 3 heteroatoms. The second-order valence-electron chi connectivity index (χ2n) is 3.72. The molecule has 1 aliphatic heterocycles. The van der Waals surface area contributed by atoms with Gasteiger partial charge < -0.3 is 5.73 Å². The molecule has 0 bridgehead atoms.